The molecule has 3 heterocycles. The van der Waals surface area contributed by atoms with Gasteiger partial charge in [-0.3, -0.25) is 9.88 Å². The van der Waals surface area contributed by atoms with E-state index in [9.17, 15) is 0 Å². The van der Waals surface area contributed by atoms with Gasteiger partial charge >= 0.3 is 0 Å². The van der Waals surface area contributed by atoms with E-state index in [4.69, 9.17) is 4.74 Å². The van der Waals surface area contributed by atoms with Crippen molar-refractivity contribution in [3.63, 3.8) is 0 Å². The summed E-state index contributed by atoms with van der Waals surface area (Å²) in [5.41, 5.74) is 1.09. The molecule has 0 aliphatic carbocycles. The van der Waals surface area contributed by atoms with Crippen molar-refractivity contribution < 1.29 is 4.74 Å². The van der Waals surface area contributed by atoms with Crippen LogP contribution in [0, 0.1) is 0 Å². The van der Waals surface area contributed by atoms with Crippen LogP contribution in [0.1, 0.15) is 51.4 Å². The monoisotopic (exact) mass is 344 g/mol. The summed E-state index contributed by atoms with van der Waals surface area (Å²) in [5.74, 6) is 0.897. The van der Waals surface area contributed by atoms with Crippen molar-refractivity contribution in [2.24, 2.45) is 0 Å². The van der Waals surface area contributed by atoms with Gasteiger partial charge in [0, 0.05) is 32.1 Å². The Balaban J connectivity index is 1.76. The van der Waals surface area contributed by atoms with Gasteiger partial charge in [0.15, 0.2) is 5.82 Å². The molecule has 0 saturated carbocycles. The van der Waals surface area contributed by atoms with Crippen LogP contribution < -0.4 is 0 Å². The van der Waals surface area contributed by atoms with Gasteiger partial charge in [-0.05, 0) is 55.2 Å². The van der Waals surface area contributed by atoms with E-state index in [1.807, 2.05) is 16.9 Å². The Morgan fingerprint density at radius 2 is 2.24 bits per heavy atom. The molecule has 1 aliphatic rings. The molecular formula is C18H28N6O. The maximum absolute atomic E-state index is 5.84. The molecule has 0 bridgehead atoms. The fourth-order valence-electron chi connectivity index (χ4n) is 3.14. The van der Waals surface area contributed by atoms with E-state index in [2.05, 4.69) is 52.2 Å². The largest absolute Gasteiger partial charge is 0.377 e. The second kappa shape index (κ2) is 8.01. The Morgan fingerprint density at radius 3 is 2.92 bits per heavy atom. The van der Waals surface area contributed by atoms with Gasteiger partial charge in [0.1, 0.15) is 0 Å². The molecule has 0 N–H and O–H groups in total. The molecule has 136 valence electrons. The first-order valence-electron chi connectivity index (χ1n) is 9.09. The Hall–Kier alpha value is -1.86. The number of nitrogens with zero attached hydrogens (tertiary/aromatic N) is 6. The van der Waals surface area contributed by atoms with Gasteiger partial charge in [-0.15, -0.1) is 5.10 Å². The number of aromatic nitrogens is 5. The molecule has 2 aromatic rings. The highest BCUT2D eigenvalue weighted by Gasteiger charge is 2.26. The zero-order valence-electron chi connectivity index (χ0n) is 15.4. The first-order valence-corrected chi connectivity index (χ1v) is 9.09. The van der Waals surface area contributed by atoms with E-state index in [1.165, 1.54) is 5.56 Å². The Labute approximate surface area is 149 Å². The summed E-state index contributed by atoms with van der Waals surface area (Å²) < 4.78 is 7.80. The minimum Gasteiger partial charge on any atom is -0.377 e. The standard InChI is InChI=1S/C18H28N6O/c1-4-18(2,3)24-17(20-21-22-24)14-23(13-16-8-6-10-25-16)12-15-7-5-9-19-11-15/h5,7,9,11,16H,4,6,8,10,12-14H2,1-3H3. The van der Waals surface area contributed by atoms with Crippen LogP contribution in [0.2, 0.25) is 0 Å². The molecule has 2 aromatic heterocycles. The van der Waals surface area contributed by atoms with Crippen molar-refractivity contribution in [1.29, 1.82) is 0 Å². The molecule has 1 fully saturated rings. The normalized spacial score (nSPS) is 18.2. The topological polar surface area (TPSA) is 69.0 Å². The predicted octanol–water partition coefficient (Wildman–Crippen LogP) is 2.39. The van der Waals surface area contributed by atoms with E-state index >= 15 is 0 Å². The number of rotatable bonds is 8. The number of tetrazole rings is 1. The number of hydrogen-bond acceptors (Lipinski definition) is 6. The van der Waals surface area contributed by atoms with Gasteiger partial charge in [-0.25, -0.2) is 4.68 Å². The van der Waals surface area contributed by atoms with Crippen molar-refractivity contribution in [2.45, 2.75) is 64.8 Å². The van der Waals surface area contributed by atoms with Gasteiger partial charge in [-0.1, -0.05) is 13.0 Å². The Morgan fingerprint density at radius 1 is 1.36 bits per heavy atom. The van der Waals surface area contributed by atoms with Crippen LogP contribution in [0.5, 0.6) is 0 Å². The first-order chi connectivity index (χ1) is 12.1. The molecule has 1 unspecified atom stereocenters. The molecule has 25 heavy (non-hydrogen) atoms. The third-order valence-electron chi connectivity index (χ3n) is 4.95. The Kier molecular flexibility index (Phi) is 5.75. The van der Waals surface area contributed by atoms with Crippen LogP contribution in [-0.2, 0) is 23.4 Å². The van der Waals surface area contributed by atoms with Gasteiger partial charge in [-0.2, -0.15) is 0 Å². The fourth-order valence-corrected chi connectivity index (χ4v) is 3.14. The van der Waals surface area contributed by atoms with Gasteiger partial charge in [0.25, 0.3) is 0 Å². The summed E-state index contributed by atoms with van der Waals surface area (Å²) in [6, 6.07) is 4.08. The SMILES string of the molecule is CCC(C)(C)n1nnnc1CN(Cc1cccnc1)CC1CCCO1. The minimum absolute atomic E-state index is 0.0946. The van der Waals surface area contributed by atoms with Crippen LogP contribution in [0.3, 0.4) is 0 Å². The van der Waals surface area contributed by atoms with E-state index in [0.29, 0.717) is 12.6 Å². The number of pyridine rings is 1. The molecule has 1 atom stereocenters. The van der Waals surface area contributed by atoms with Crippen LogP contribution in [0.4, 0.5) is 0 Å². The zero-order chi connectivity index (χ0) is 17.7. The molecule has 3 rings (SSSR count). The van der Waals surface area contributed by atoms with Crippen molar-refractivity contribution in [1.82, 2.24) is 30.1 Å². The highest BCUT2D eigenvalue weighted by Crippen LogP contribution is 2.21. The molecule has 0 amide bonds. The summed E-state index contributed by atoms with van der Waals surface area (Å²) in [6.07, 6.45) is 7.25. The molecule has 7 nitrogen and oxygen atoms in total. The van der Waals surface area contributed by atoms with Crippen LogP contribution >= 0.6 is 0 Å². The lowest BCUT2D eigenvalue weighted by atomic mass is 10.0. The summed E-state index contributed by atoms with van der Waals surface area (Å²) in [7, 11) is 0. The van der Waals surface area contributed by atoms with E-state index in [1.54, 1.807) is 6.20 Å². The maximum atomic E-state index is 5.84. The average molecular weight is 344 g/mol. The van der Waals surface area contributed by atoms with Crippen LogP contribution in [0.25, 0.3) is 0 Å². The van der Waals surface area contributed by atoms with E-state index in [0.717, 1.165) is 44.8 Å². The lowest BCUT2D eigenvalue weighted by Crippen LogP contribution is -2.35. The summed E-state index contributed by atoms with van der Waals surface area (Å²) in [5, 5.41) is 12.4. The molecule has 0 aromatic carbocycles. The summed E-state index contributed by atoms with van der Waals surface area (Å²) >= 11 is 0. The van der Waals surface area contributed by atoms with Crippen molar-refractivity contribution >= 4 is 0 Å². The Bertz CT molecular complexity index is 651. The average Bonchev–Trinajstić information content (AvgIpc) is 3.28. The van der Waals surface area contributed by atoms with Crippen molar-refractivity contribution in [3.05, 3.63) is 35.9 Å². The van der Waals surface area contributed by atoms with E-state index < -0.39 is 0 Å². The van der Waals surface area contributed by atoms with Gasteiger partial charge < -0.3 is 4.74 Å². The molecule has 7 heteroatoms. The lowest BCUT2D eigenvalue weighted by molar-refractivity contribution is 0.0656. The lowest BCUT2D eigenvalue weighted by Gasteiger charge is -2.28. The highest BCUT2D eigenvalue weighted by atomic mass is 16.5. The molecule has 1 saturated heterocycles. The second-order valence-electron chi connectivity index (χ2n) is 7.34. The maximum Gasteiger partial charge on any atom is 0.165 e. The van der Waals surface area contributed by atoms with Crippen molar-refractivity contribution in [2.75, 3.05) is 13.2 Å². The molecule has 1 aliphatic heterocycles. The molecule has 0 radical (unpaired) electrons. The number of ether oxygens (including phenoxy) is 1. The summed E-state index contributed by atoms with van der Waals surface area (Å²) in [4.78, 5) is 6.60. The predicted molar refractivity (Wildman–Crippen MR) is 94.8 cm³/mol. The van der Waals surface area contributed by atoms with Gasteiger partial charge in [0.05, 0.1) is 18.2 Å². The smallest absolute Gasteiger partial charge is 0.165 e. The third-order valence-corrected chi connectivity index (χ3v) is 4.95. The molecule has 0 spiro atoms. The zero-order valence-corrected chi connectivity index (χ0v) is 15.4. The van der Waals surface area contributed by atoms with Crippen molar-refractivity contribution in [3.8, 4) is 0 Å². The third kappa shape index (κ3) is 4.61. The highest BCUT2D eigenvalue weighted by molar-refractivity contribution is 5.08. The summed E-state index contributed by atoms with van der Waals surface area (Å²) in [6.45, 7) is 9.75. The minimum atomic E-state index is -0.0946. The second-order valence-corrected chi connectivity index (χ2v) is 7.34. The fraction of sp³-hybridized carbons (Fsp3) is 0.667. The number of hydrogen-bond donors (Lipinski definition) is 0. The molecular weight excluding hydrogens is 316 g/mol. The first kappa shape index (κ1) is 17.9. The van der Waals surface area contributed by atoms with Crippen LogP contribution in [0.15, 0.2) is 24.5 Å². The van der Waals surface area contributed by atoms with Crippen LogP contribution in [-0.4, -0.2) is 49.3 Å². The van der Waals surface area contributed by atoms with Gasteiger partial charge in [0.2, 0.25) is 0 Å². The quantitative estimate of drug-likeness (QED) is 0.732. The van der Waals surface area contributed by atoms with E-state index in [-0.39, 0.29) is 5.54 Å².